The first-order chi connectivity index (χ1) is 16.3. The first-order valence-corrected chi connectivity index (χ1v) is 10.4. The number of amides is 3. The summed E-state index contributed by atoms with van der Waals surface area (Å²) in [6.07, 6.45) is 1.49. The van der Waals surface area contributed by atoms with Crippen LogP contribution in [0.25, 0.3) is 11.0 Å². The first kappa shape index (κ1) is 22.5. The van der Waals surface area contributed by atoms with Gasteiger partial charge in [0.15, 0.2) is 0 Å². The smallest absolute Gasteiger partial charge is 0.336 e. The Labute approximate surface area is 194 Å². The molecule has 0 atom stereocenters. The zero-order valence-corrected chi connectivity index (χ0v) is 18.8. The largest absolute Gasteiger partial charge is 0.457 e. The minimum Gasteiger partial charge on any atom is -0.457 e. The molecule has 0 spiro atoms. The molecule has 0 bridgehead atoms. The number of hydrogen-bond acceptors (Lipinski definition) is 6. The van der Waals surface area contributed by atoms with Gasteiger partial charge in [0.1, 0.15) is 22.8 Å². The van der Waals surface area contributed by atoms with E-state index in [0.29, 0.717) is 28.5 Å². The van der Waals surface area contributed by atoms with Gasteiger partial charge in [0.2, 0.25) is 0 Å². The standard InChI is InChI=1S/C25H22N4O5/c1-14-11-23(30)34-22-12-16(4-6-19(14)22)28-25(32)29-20-7-5-17(10-15(20)2)33-18-8-9-27-21(13-18)24(31)26-3/h4-13H,1-3H3,(H,26,31)(H2,28,29,32). The van der Waals surface area contributed by atoms with Crippen molar-refractivity contribution in [2.75, 3.05) is 17.7 Å². The van der Waals surface area contributed by atoms with Gasteiger partial charge in [-0.3, -0.25) is 9.78 Å². The molecule has 0 unspecified atom stereocenters. The minimum atomic E-state index is -0.449. The van der Waals surface area contributed by atoms with Crippen LogP contribution in [0.5, 0.6) is 11.5 Å². The van der Waals surface area contributed by atoms with Crippen molar-refractivity contribution in [2.45, 2.75) is 13.8 Å². The number of nitrogens with one attached hydrogen (secondary N) is 3. The zero-order valence-electron chi connectivity index (χ0n) is 18.8. The van der Waals surface area contributed by atoms with E-state index < -0.39 is 11.7 Å². The van der Waals surface area contributed by atoms with E-state index in [2.05, 4.69) is 20.9 Å². The highest BCUT2D eigenvalue weighted by atomic mass is 16.5. The van der Waals surface area contributed by atoms with Crippen LogP contribution < -0.4 is 26.3 Å². The van der Waals surface area contributed by atoms with Gasteiger partial charge in [0.05, 0.1) is 0 Å². The molecule has 4 aromatic rings. The Balaban J connectivity index is 1.44. The van der Waals surface area contributed by atoms with E-state index in [9.17, 15) is 14.4 Å². The third-order valence-electron chi connectivity index (χ3n) is 5.08. The molecule has 4 rings (SSSR count). The van der Waals surface area contributed by atoms with Gasteiger partial charge < -0.3 is 25.1 Å². The van der Waals surface area contributed by atoms with Crippen LogP contribution in [0.2, 0.25) is 0 Å². The molecule has 0 radical (unpaired) electrons. The summed E-state index contributed by atoms with van der Waals surface area (Å²) in [5.41, 5.74) is 2.85. The Morgan fingerprint density at radius 3 is 2.47 bits per heavy atom. The van der Waals surface area contributed by atoms with Gasteiger partial charge in [-0.05, 0) is 61.4 Å². The Morgan fingerprint density at radius 1 is 0.912 bits per heavy atom. The van der Waals surface area contributed by atoms with Gasteiger partial charge >= 0.3 is 11.7 Å². The van der Waals surface area contributed by atoms with Crippen molar-refractivity contribution >= 4 is 34.3 Å². The number of fused-ring (bicyclic) bond motifs is 1. The topological polar surface area (TPSA) is 123 Å². The summed E-state index contributed by atoms with van der Waals surface area (Å²) < 4.78 is 11.0. The number of hydrogen-bond donors (Lipinski definition) is 3. The van der Waals surface area contributed by atoms with Crippen LogP contribution >= 0.6 is 0 Å². The Morgan fingerprint density at radius 2 is 1.71 bits per heavy atom. The van der Waals surface area contributed by atoms with E-state index in [4.69, 9.17) is 9.15 Å². The lowest BCUT2D eigenvalue weighted by molar-refractivity contribution is 0.0958. The number of benzene rings is 2. The molecule has 3 N–H and O–H groups in total. The van der Waals surface area contributed by atoms with E-state index in [1.165, 1.54) is 19.3 Å². The molecular formula is C25H22N4O5. The average molecular weight is 458 g/mol. The van der Waals surface area contributed by atoms with Crippen LogP contribution in [-0.4, -0.2) is 24.0 Å². The van der Waals surface area contributed by atoms with Gasteiger partial charge in [-0.1, -0.05) is 0 Å². The summed E-state index contributed by atoms with van der Waals surface area (Å²) in [5.74, 6) is 0.693. The summed E-state index contributed by atoms with van der Waals surface area (Å²) in [4.78, 5) is 39.9. The van der Waals surface area contributed by atoms with Crippen molar-refractivity contribution in [1.29, 1.82) is 0 Å². The molecule has 0 aliphatic heterocycles. The molecule has 172 valence electrons. The van der Waals surface area contributed by atoms with Crippen molar-refractivity contribution in [2.24, 2.45) is 0 Å². The molecule has 9 nitrogen and oxygen atoms in total. The third-order valence-corrected chi connectivity index (χ3v) is 5.08. The predicted octanol–water partition coefficient (Wildman–Crippen LogP) is 4.60. The van der Waals surface area contributed by atoms with E-state index in [-0.39, 0.29) is 11.6 Å². The third kappa shape index (κ3) is 5.04. The second kappa shape index (κ2) is 9.45. The maximum absolute atomic E-state index is 12.5. The van der Waals surface area contributed by atoms with Crippen LogP contribution in [0, 0.1) is 13.8 Å². The van der Waals surface area contributed by atoms with Crippen LogP contribution in [0.3, 0.4) is 0 Å². The van der Waals surface area contributed by atoms with Crippen LogP contribution in [-0.2, 0) is 0 Å². The zero-order chi connectivity index (χ0) is 24.2. The number of aromatic nitrogens is 1. The number of carbonyl (C=O) groups excluding carboxylic acids is 2. The lowest BCUT2D eigenvalue weighted by Gasteiger charge is -2.12. The molecule has 2 aromatic heterocycles. The molecule has 0 saturated carbocycles. The molecule has 9 heteroatoms. The second-order valence-electron chi connectivity index (χ2n) is 7.57. The molecule has 0 saturated heterocycles. The number of ether oxygens (including phenoxy) is 1. The normalized spacial score (nSPS) is 10.6. The lowest BCUT2D eigenvalue weighted by atomic mass is 10.1. The molecule has 2 heterocycles. The van der Waals surface area contributed by atoms with Crippen LogP contribution in [0.4, 0.5) is 16.2 Å². The van der Waals surface area contributed by atoms with Gasteiger partial charge in [-0.15, -0.1) is 0 Å². The molecule has 0 aliphatic rings. The van der Waals surface area contributed by atoms with Crippen molar-refractivity contribution in [3.05, 3.63) is 88.0 Å². The van der Waals surface area contributed by atoms with E-state index in [1.54, 1.807) is 48.5 Å². The summed E-state index contributed by atoms with van der Waals surface area (Å²) in [6.45, 7) is 3.66. The van der Waals surface area contributed by atoms with Gasteiger partial charge in [0, 0.05) is 48.2 Å². The van der Waals surface area contributed by atoms with E-state index >= 15 is 0 Å². The van der Waals surface area contributed by atoms with Crippen molar-refractivity contribution in [3.63, 3.8) is 0 Å². The number of pyridine rings is 1. The highest BCUT2D eigenvalue weighted by Crippen LogP contribution is 2.27. The summed E-state index contributed by atoms with van der Waals surface area (Å²) in [7, 11) is 1.53. The van der Waals surface area contributed by atoms with E-state index in [1.807, 2.05) is 13.8 Å². The number of anilines is 2. The minimum absolute atomic E-state index is 0.245. The number of rotatable bonds is 5. The van der Waals surface area contributed by atoms with Crippen molar-refractivity contribution in [3.8, 4) is 11.5 Å². The fourth-order valence-corrected chi connectivity index (χ4v) is 3.39. The van der Waals surface area contributed by atoms with E-state index in [0.717, 1.165) is 16.5 Å². The molecule has 2 aromatic carbocycles. The van der Waals surface area contributed by atoms with Gasteiger partial charge in [-0.2, -0.15) is 0 Å². The number of carbonyl (C=O) groups is 2. The maximum atomic E-state index is 12.5. The molecule has 3 amide bonds. The maximum Gasteiger partial charge on any atom is 0.336 e. The average Bonchev–Trinajstić information content (AvgIpc) is 2.80. The monoisotopic (exact) mass is 458 g/mol. The molecule has 0 fully saturated rings. The number of aryl methyl sites for hydroxylation is 2. The highest BCUT2D eigenvalue weighted by molar-refractivity contribution is 6.01. The molecule has 0 aliphatic carbocycles. The lowest BCUT2D eigenvalue weighted by Crippen LogP contribution is -2.20. The Hall–Kier alpha value is -4.66. The Kier molecular flexibility index (Phi) is 6.26. The van der Waals surface area contributed by atoms with Crippen molar-refractivity contribution in [1.82, 2.24) is 10.3 Å². The Bertz CT molecular complexity index is 1460. The molecular weight excluding hydrogens is 436 g/mol. The quantitative estimate of drug-likeness (QED) is 0.376. The van der Waals surface area contributed by atoms with Gasteiger partial charge in [0.25, 0.3) is 5.91 Å². The number of urea groups is 1. The van der Waals surface area contributed by atoms with Crippen LogP contribution in [0.1, 0.15) is 21.6 Å². The van der Waals surface area contributed by atoms with Crippen molar-refractivity contribution < 1.29 is 18.7 Å². The highest BCUT2D eigenvalue weighted by Gasteiger charge is 2.10. The fraction of sp³-hybridized carbons (Fsp3) is 0.120. The SMILES string of the molecule is CNC(=O)c1cc(Oc2ccc(NC(=O)Nc3ccc4c(C)cc(=O)oc4c3)c(C)c2)ccn1. The molecule has 34 heavy (non-hydrogen) atoms. The predicted molar refractivity (Wildman–Crippen MR) is 129 cm³/mol. The number of nitrogens with zero attached hydrogens (tertiary/aromatic N) is 1. The summed E-state index contributed by atoms with van der Waals surface area (Å²) in [6, 6.07) is 14.5. The fourth-order valence-electron chi connectivity index (χ4n) is 3.39. The van der Waals surface area contributed by atoms with Gasteiger partial charge in [-0.25, -0.2) is 9.59 Å². The second-order valence-corrected chi connectivity index (χ2v) is 7.57. The summed E-state index contributed by atoms with van der Waals surface area (Å²) in [5, 5.41) is 8.84. The summed E-state index contributed by atoms with van der Waals surface area (Å²) >= 11 is 0. The van der Waals surface area contributed by atoms with Crippen LogP contribution in [0.15, 0.2) is 70.0 Å². The first-order valence-electron chi connectivity index (χ1n) is 10.4.